The van der Waals surface area contributed by atoms with Crippen LogP contribution in [0.25, 0.3) is 0 Å². The van der Waals surface area contributed by atoms with Crippen LogP contribution in [0.2, 0.25) is 0 Å². The third kappa shape index (κ3) is 8.11. The summed E-state index contributed by atoms with van der Waals surface area (Å²) >= 11 is 0. The number of halogens is 1. The van der Waals surface area contributed by atoms with Crippen LogP contribution in [0, 0.1) is 12.7 Å². The smallest absolute Gasteiger partial charge is 0.437 e. The average Bonchev–Trinajstić information content (AvgIpc) is 2.68. The van der Waals surface area contributed by atoms with Gasteiger partial charge in [-0.2, -0.15) is 0 Å². The van der Waals surface area contributed by atoms with Gasteiger partial charge in [0.2, 0.25) is 5.96 Å². The number of carbonyl (C=O) groups is 3. The molecule has 0 atom stereocenters. The van der Waals surface area contributed by atoms with E-state index in [2.05, 4.69) is 4.99 Å². The quantitative estimate of drug-likeness (QED) is 0.448. The van der Waals surface area contributed by atoms with Crippen molar-refractivity contribution in [3.8, 4) is 0 Å². The zero-order chi connectivity index (χ0) is 26.7. The van der Waals surface area contributed by atoms with Gasteiger partial charge >= 0.3 is 18.2 Å². The van der Waals surface area contributed by atoms with Gasteiger partial charge in [0, 0.05) is 14.1 Å². The van der Waals surface area contributed by atoms with Crippen molar-refractivity contribution in [2.45, 2.75) is 66.2 Å². The molecule has 194 valence electrons. The lowest BCUT2D eigenvalue weighted by atomic mass is 10.1. The average molecular weight is 494 g/mol. The maximum Gasteiger partial charge on any atom is 0.437 e. The van der Waals surface area contributed by atoms with E-state index in [1.54, 1.807) is 79.6 Å². The Bertz CT molecular complexity index is 985. The Hall–Kier alpha value is -3.37. The molecule has 1 heterocycles. The molecule has 1 saturated heterocycles. The van der Waals surface area contributed by atoms with Crippen LogP contribution in [0.3, 0.4) is 0 Å². The number of aliphatic imine (C=N–C) groups is 1. The molecule has 11 heteroatoms. The molecule has 2 rings (SSSR count). The van der Waals surface area contributed by atoms with Crippen LogP contribution in [-0.4, -0.2) is 82.4 Å². The summed E-state index contributed by atoms with van der Waals surface area (Å²) in [6, 6.07) is 4.23. The molecule has 1 aromatic carbocycles. The molecule has 10 nitrogen and oxygen atoms in total. The van der Waals surface area contributed by atoms with Crippen LogP contribution < -0.4 is 0 Å². The summed E-state index contributed by atoms with van der Waals surface area (Å²) in [4.78, 5) is 48.2. The predicted octanol–water partition coefficient (Wildman–Crippen LogP) is 4.38. The molecule has 4 amide bonds. The maximum absolute atomic E-state index is 13.9. The molecule has 0 unspecified atom stereocenters. The largest absolute Gasteiger partial charge is 0.443 e. The summed E-state index contributed by atoms with van der Waals surface area (Å²) in [6.45, 7) is 11.9. The Morgan fingerprint density at radius 1 is 1.03 bits per heavy atom. The highest BCUT2D eigenvalue weighted by molar-refractivity contribution is 5.99. The number of benzene rings is 1. The molecule has 1 aliphatic rings. The fourth-order valence-corrected chi connectivity index (χ4v) is 3.29. The van der Waals surface area contributed by atoms with Gasteiger partial charge in [-0.3, -0.25) is 0 Å². The highest BCUT2D eigenvalue weighted by Crippen LogP contribution is 2.19. The highest BCUT2D eigenvalue weighted by atomic mass is 19.1. The summed E-state index contributed by atoms with van der Waals surface area (Å²) < 4.78 is 24.9. The van der Waals surface area contributed by atoms with Gasteiger partial charge in [-0.1, -0.05) is 12.1 Å². The van der Waals surface area contributed by atoms with Crippen molar-refractivity contribution in [1.29, 1.82) is 0 Å². The second kappa shape index (κ2) is 10.5. The van der Waals surface area contributed by atoms with E-state index in [1.807, 2.05) is 0 Å². The van der Waals surface area contributed by atoms with Gasteiger partial charge in [-0.15, -0.1) is 4.99 Å². The molecule has 35 heavy (non-hydrogen) atoms. The summed E-state index contributed by atoms with van der Waals surface area (Å²) in [5.74, 6) is -0.431. The van der Waals surface area contributed by atoms with E-state index in [0.29, 0.717) is 11.1 Å². The summed E-state index contributed by atoms with van der Waals surface area (Å²) in [6.07, 6.45) is -1.66. The van der Waals surface area contributed by atoms with Crippen LogP contribution in [-0.2, 0) is 16.0 Å². The van der Waals surface area contributed by atoms with Crippen LogP contribution in [0.15, 0.2) is 23.2 Å². The SMILES string of the molecule is Cc1cc(CN(C(=O)OC(C)(C)C)C(=NC(=O)OC(C)(C)C)N2CN(C)C(=O)N(C)C2)ccc1F. The number of hydrogen-bond acceptors (Lipinski definition) is 5. The van der Waals surface area contributed by atoms with E-state index in [1.165, 1.54) is 20.8 Å². The first kappa shape index (κ1) is 27.9. The normalized spacial score (nSPS) is 15.3. The lowest BCUT2D eigenvalue weighted by molar-refractivity contribution is 0.0300. The Balaban J connectivity index is 2.59. The van der Waals surface area contributed by atoms with Gasteiger partial charge in [0.05, 0.1) is 19.9 Å². The Morgan fingerprint density at radius 3 is 2.06 bits per heavy atom. The molecule has 0 bridgehead atoms. The van der Waals surface area contributed by atoms with Crippen molar-refractivity contribution in [3.05, 3.63) is 35.1 Å². The lowest BCUT2D eigenvalue weighted by Crippen LogP contribution is -2.60. The van der Waals surface area contributed by atoms with Crippen LogP contribution in [0.5, 0.6) is 0 Å². The molecule has 0 aromatic heterocycles. The van der Waals surface area contributed by atoms with E-state index in [-0.39, 0.29) is 37.7 Å². The summed E-state index contributed by atoms with van der Waals surface area (Å²) in [7, 11) is 3.19. The number of hydrogen-bond donors (Lipinski definition) is 0. The number of aryl methyl sites for hydroxylation is 1. The molecule has 0 aliphatic carbocycles. The topological polar surface area (TPSA) is 95.0 Å². The monoisotopic (exact) mass is 493 g/mol. The van der Waals surface area contributed by atoms with Crippen LogP contribution in [0.1, 0.15) is 52.7 Å². The van der Waals surface area contributed by atoms with E-state index >= 15 is 0 Å². The van der Waals surface area contributed by atoms with Gasteiger partial charge in [-0.25, -0.2) is 23.7 Å². The second-order valence-electron chi connectivity index (χ2n) is 10.5. The molecule has 0 saturated carbocycles. The number of guanidine groups is 1. The third-order valence-electron chi connectivity index (χ3n) is 4.70. The van der Waals surface area contributed by atoms with Gasteiger partial charge in [0.15, 0.2) is 0 Å². The van der Waals surface area contributed by atoms with Gasteiger partial charge in [-0.05, 0) is 65.7 Å². The molecule has 1 aromatic rings. The number of urea groups is 1. The van der Waals surface area contributed by atoms with Gasteiger partial charge < -0.3 is 24.2 Å². The zero-order valence-electron chi connectivity index (χ0n) is 22.0. The van der Waals surface area contributed by atoms with Crippen molar-refractivity contribution < 1.29 is 28.2 Å². The summed E-state index contributed by atoms with van der Waals surface area (Å²) in [5, 5.41) is 0. The third-order valence-corrected chi connectivity index (χ3v) is 4.70. The first-order valence-electron chi connectivity index (χ1n) is 11.3. The molecule has 0 spiro atoms. The Morgan fingerprint density at radius 2 is 1.57 bits per heavy atom. The van der Waals surface area contributed by atoms with Crippen LogP contribution in [0.4, 0.5) is 18.8 Å². The zero-order valence-corrected chi connectivity index (χ0v) is 22.0. The van der Waals surface area contributed by atoms with E-state index in [9.17, 15) is 18.8 Å². The van der Waals surface area contributed by atoms with E-state index < -0.39 is 23.4 Å². The molecule has 0 N–H and O–H groups in total. The van der Waals surface area contributed by atoms with Crippen molar-refractivity contribution in [2.24, 2.45) is 4.99 Å². The highest BCUT2D eigenvalue weighted by Gasteiger charge is 2.35. The molecular weight excluding hydrogens is 457 g/mol. The molecular formula is C24H36FN5O5. The Labute approximate surface area is 206 Å². The molecule has 1 aliphatic heterocycles. The Kier molecular flexibility index (Phi) is 8.35. The molecule has 0 radical (unpaired) electrons. The fourth-order valence-electron chi connectivity index (χ4n) is 3.29. The first-order chi connectivity index (χ1) is 16.0. The first-order valence-corrected chi connectivity index (χ1v) is 11.3. The number of rotatable bonds is 2. The minimum atomic E-state index is -0.904. The van der Waals surface area contributed by atoms with Crippen molar-refractivity contribution >= 4 is 24.2 Å². The number of amides is 4. The summed E-state index contributed by atoms with van der Waals surface area (Å²) in [5.41, 5.74) is -0.653. The predicted molar refractivity (Wildman–Crippen MR) is 129 cm³/mol. The second-order valence-corrected chi connectivity index (χ2v) is 10.5. The van der Waals surface area contributed by atoms with Gasteiger partial charge in [0.1, 0.15) is 17.0 Å². The van der Waals surface area contributed by atoms with Crippen molar-refractivity contribution in [2.75, 3.05) is 27.4 Å². The molecule has 1 fully saturated rings. The number of carbonyl (C=O) groups excluding carboxylic acids is 3. The minimum absolute atomic E-state index is 0.0540. The van der Waals surface area contributed by atoms with E-state index in [0.717, 1.165) is 0 Å². The van der Waals surface area contributed by atoms with Crippen LogP contribution >= 0.6 is 0 Å². The fraction of sp³-hybridized carbons (Fsp3) is 0.583. The van der Waals surface area contributed by atoms with Gasteiger partial charge in [0.25, 0.3) is 0 Å². The maximum atomic E-state index is 13.9. The lowest BCUT2D eigenvalue weighted by Gasteiger charge is -2.42. The van der Waals surface area contributed by atoms with E-state index in [4.69, 9.17) is 9.47 Å². The number of nitrogens with zero attached hydrogens (tertiary/aromatic N) is 5. The van der Waals surface area contributed by atoms with Crippen molar-refractivity contribution in [3.63, 3.8) is 0 Å². The standard InChI is InChI=1S/C24H36FN5O5/c1-16-12-17(10-11-18(16)25)13-30(22(33)35-24(5,6)7)19(26-20(31)34-23(2,3)4)29-14-27(8)21(32)28(9)15-29/h10-12H,13-15H2,1-9H3. The minimum Gasteiger partial charge on any atom is -0.443 e. The van der Waals surface area contributed by atoms with Crippen molar-refractivity contribution in [1.82, 2.24) is 19.6 Å². The number of ether oxygens (including phenoxy) is 2.